The van der Waals surface area contributed by atoms with E-state index in [1.165, 1.54) is 5.56 Å². The molecule has 2 unspecified atom stereocenters. The molecule has 2 atom stereocenters. The first-order valence-corrected chi connectivity index (χ1v) is 7.06. The van der Waals surface area contributed by atoms with Crippen molar-refractivity contribution in [2.75, 3.05) is 5.33 Å². The molecule has 0 spiro atoms. The van der Waals surface area contributed by atoms with E-state index >= 15 is 0 Å². The summed E-state index contributed by atoms with van der Waals surface area (Å²) in [5.41, 5.74) is 1.20. The molecule has 1 rings (SSSR count). The summed E-state index contributed by atoms with van der Waals surface area (Å²) in [6, 6.07) is 8.20. The monoisotopic (exact) mass is 334 g/mol. The maximum absolute atomic E-state index is 5.94. The fraction of sp³-hybridized carbons (Fsp3) is 0.500. The average molecular weight is 336 g/mol. The van der Waals surface area contributed by atoms with Crippen LogP contribution in [0.15, 0.2) is 28.7 Å². The van der Waals surface area contributed by atoms with Crippen LogP contribution >= 0.6 is 31.9 Å². The van der Waals surface area contributed by atoms with Crippen molar-refractivity contribution < 1.29 is 4.74 Å². The maximum atomic E-state index is 5.94. The van der Waals surface area contributed by atoms with Crippen molar-refractivity contribution in [1.29, 1.82) is 0 Å². The van der Waals surface area contributed by atoms with E-state index < -0.39 is 0 Å². The Bertz CT molecular complexity index is 301. The van der Waals surface area contributed by atoms with E-state index in [0.717, 1.165) is 16.2 Å². The lowest BCUT2D eigenvalue weighted by atomic mass is 10.1. The van der Waals surface area contributed by atoms with Crippen molar-refractivity contribution in [2.45, 2.75) is 32.5 Å². The SMILES string of the molecule is CCC(C)OC(CBr)c1ccccc1Br. The van der Waals surface area contributed by atoms with Gasteiger partial charge in [-0.15, -0.1) is 0 Å². The zero-order valence-corrected chi connectivity index (χ0v) is 12.2. The quantitative estimate of drug-likeness (QED) is 0.708. The minimum absolute atomic E-state index is 0.121. The lowest BCUT2D eigenvalue weighted by molar-refractivity contribution is 0.00849. The van der Waals surface area contributed by atoms with Crippen molar-refractivity contribution in [3.8, 4) is 0 Å². The van der Waals surface area contributed by atoms with Crippen LogP contribution in [-0.2, 0) is 4.74 Å². The van der Waals surface area contributed by atoms with Gasteiger partial charge in [0.2, 0.25) is 0 Å². The van der Waals surface area contributed by atoms with E-state index in [4.69, 9.17) is 4.74 Å². The first-order chi connectivity index (χ1) is 7.19. The Kier molecular flexibility index (Phi) is 5.87. The molecule has 1 aromatic carbocycles. The third-order valence-electron chi connectivity index (χ3n) is 2.36. The molecule has 0 heterocycles. The summed E-state index contributed by atoms with van der Waals surface area (Å²) in [5.74, 6) is 0. The van der Waals surface area contributed by atoms with Crippen LogP contribution < -0.4 is 0 Å². The number of benzene rings is 1. The number of alkyl halides is 1. The zero-order valence-electron chi connectivity index (χ0n) is 9.04. The molecule has 1 aromatic rings. The van der Waals surface area contributed by atoms with Crippen molar-refractivity contribution in [3.05, 3.63) is 34.3 Å². The maximum Gasteiger partial charge on any atom is 0.0936 e. The topological polar surface area (TPSA) is 9.23 Å². The zero-order chi connectivity index (χ0) is 11.3. The van der Waals surface area contributed by atoms with Crippen molar-refractivity contribution >= 4 is 31.9 Å². The molecule has 84 valence electrons. The first kappa shape index (κ1) is 13.2. The molecule has 0 radical (unpaired) electrons. The van der Waals surface area contributed by atoms with E-state index in [1.54, 1.807) is 0 Å². The third-order valence-corrected chi connectivity index (χ3v) is 3.67. The summed E-state index contributed by atoms with van der Waals surface area (Å²) >= 11 is 7.05. The van der Waals surface area contributed by atoms with Crippen molar-refractivity contribution in [3.63, 3.8) is 0 Å². The molecule has 0 saturated heterocycles. The van der Waals surface area contributed by atoms with Gasteiger partial charge in [0.15, 0.2) is 0 Å². The second-order valence-corrected chi connectivity index (χ2v) is 5.02. The Morgan fingerprint density at radius 3 is 2.53 bits per heavy atom. The van der Waals surface area contributed by atoms with E-state index in [0.29, 0.717) is 6.10 Å². The molecule has 3 heteroatoms. The highest BCUT2D eigenvalue weighted by atomic mass is 79.9. The Hall–Kier alpha value is 0.140. The van der Waals surface area contributed by atoms with E-state index in [9.17, 15) is 0 Å². The van der Waals surface area contributed by atoms with Crippen LogP contribution in [0.1, 0.15) is 31.9 Å². The lowest BCUT2D eigenvalue weighted by Gasteiger charge is -2.21. The van der Waals surface area contributed by atoms with Gasteiger partial charge in [0, 0.05) is 9.80 Å². The van der Waals surface area contributed by atoms with Crippen LogP contribution in [0, 0.1) is 0 Å². The smallest absolute Gasteiger partial charge is 0.0936 e. The predicted octanol–water partition coefficient (Wildman–Crippen LogP) is 4.70. The van der Waals surface area contributed by atoms with Crippen LogP contribution in [0.25, 0.3) is 0 Å². The summed E-state index contributed by atoms with van der Waals surface area (Å²) in [7, 11) is 0. The second-order valence-electron chi connectivity index (χ2n) is 3.52. The van der Waals surface area contributed by atoms with Crippen molar-refractivity contribution in [1.82, 2.24) is 0 Å². The molecule has 0 aliphatic rings. The van der Waals surface area contributed by atoms with Gasteiger partial charge in [-0.1, -0.05) is 57.0 Å². The van der Waals surface area contributed by atoms with Crippen LogP contribution in [0.3, 0.4) is 0 Å². The van der Waals surface area contributed by atoms with Gasteiger partial charge in [0.25, 0.3) is 0 Å². The molecule has 1 nitrogen and oxygen atoms in total. The second kappa shape index (κ2) is 6.66. The minimum atomic E-state index is 0.121. The van der Waals surface area contributed by atoms with E-state index in [-0.39, 0.29) is 6.10 Å². The molecule has 0 saturated carbocycles. The summed E-state index contributed by atoms with van der Waals surface area (Å²) < 4.78 is 7.05. The van der Waals surface area contributed by atoms with Crippen LogP contribution in [0.4, 0.5) is 0 Å². The largest absolute Gasteiger partial charge is 0.370 e. The Labute approximate surface area is 108 Å². The summed E-state index contributed by atoms with van der Waals surface area (Å²) in [5, 5.41) is 0.819. The number of rotatable bonds is 5. The van der Waals surface area contributed by atoms with Gasteiger partial charge in [0.05, 0.1) is 12.2 Å². The fourth-order valence-corrected chi connectivity index (χ4v) is 2.35. The van der Waals surface area contributed by atoms with Gasteiger partial charge in [-0.25, -0.2) is 0 Å². The predicted molar refractivity (Wildman–Crippen MR) is 71.5 cm³/mol. The van der Waals surface area contributed by atoms with Crippen LogP contribution in [0.5, 0.6) is 0 Å². The Morgan fingerprint density at radius 2 is 2.00 bits per heavy atom. The first-order valence-electron chi connectivity index (χ1n) is 5.14. The third kappa shape index (κ3) is 3.89. The standard InChI is InChI=1S/C12H16Br2O/c1-3-9(2)15-12(8-13)10-6-4-5-7-11(10)14/h4-7,9,12H,3,8H2,1-2H3. The normalized spacial score (nSPS) is 14.9. The average Bonchev–Trinajstić information content (AvgIpc) is 2.26. The highest BCUT2D eigenvalue weighted by Gasteiger charge is 2.15. The van der Waals surface area contributed by atoms with Crippen LogP contribution in [-0.4, -0.2) is 11.4 Å². The number of hydrogen-bond donors (Lipinski definition) is 0. The highest BCUT2D eigenvalue weighted by molar-refractivity contribution is 9.10. The lowest BCUT2D eigenvalue weighted by Crippen LogP contribution is -2.14. The van der Waals surface area contributed by atoms with Crippen molar-refractivity contribution in [2.24, 2.45) is 0 Å². The molecule has 0 aromatic heterocycles. The van der Waals surface area contributed by atoms with Gasteiger partial charge < -0.3 is 4.74 Å². The Morgan fingerprint density at radius 1 is 1.33 bits per heavy atom. The summed E-state index contributed by atoms with van der Waals surface area (Å²) in [4.78, 5) is 0. The molecule has 0 N–H and O–H groups in total. The van der Waals surface area contributed by atoms with Gasteiger partial charge in [-0.05, 0) is 25.0 Å². The molecular weight excluding hydrogens is 320 g/mol. The number of hydrogen-bond acceptors (Lipinski definition) is 1. The fourth-order valence-electron chi connectivity index (χ4n) is 1.31. The van der Waals surface area contributed by atoms with Gasteiger partial charge in [0.1, 0.15) is 0 Å². The summed E-state index contributed by atoms with van der Waals surface area (Å²) in [6.07, 6.45) is 1.45. The minimum Gasteiger partial charge on any atom is -0.370 e. The van der Waals surface area contributed by atoms with Gasteiger partial charge >= 0.3 is 0 Å². The molecule has 15 heavy (non-hydrogen) atoms. The van der Waals surface area contributed by atoms with Gasteiger partial charge in [-0.3, -0.25) is 0 Å². The van der Waals surface area contributed by atoms with Crippen LogP contribution in [0.2, 0.25) is 0 Å². The molecule has 0 fully saturated rings. The number of ether oxygens (including phenoxy) is 1. The molecule has 0 aliphatic carbocycles. The highest BCUT2D eigenvalue weighted by Crippen LogP contribution is 2.28. The molecule has 0 aliphatic heterocycles. The number of halogens is 2. The van der Waals surface area contributed by atoms with E-state index in [2.05, 4.69) is 51.8 Å². The molecular formula is C12H16Br2O. The molecule has 0 bridgehead atoms. The molecule has 0 amide bonds. The van der Waals surface area contributed by atoms with E-state index in [1.807, 2.05) is 18.2 Å². The van der Waals surface area contributed by atoms with Gasteiger partial charge in [-0.2, -0.15) is 0 Å². The summed E-state index contributed by atoms with van der Waals surface area (Å²) in [6.45, 7) is 4.24. The Balaban J connectivity index is 2.78.